The predicted molar refractivity (Wildman–Crippen MR) is 133 cm³/mol. The summed E-state index contributed by atoms with van der Waals surface area (Å²) in [5.74, 6) is -0.462. The average molecular weight is 558 g/mol. The van der Waals surface area contributed by atoms with Gasteiger partial charge in [-0.3, -0.25) is 19.5 Å². The van der Waals surface area contributed by atoms with Crippen molar-refractivity contribution in [1.29, 1.82) is 0 Å². The molecule has 0 bridgehead atoms. The van der Waals surface area contributed by atoms with E-state index >= 15 is 0 Å². The second-order valence-electron chi connectivity index (χ2n) is 8.47. The fourth-order valence-electron chi connectivity index (χ4n) is 3.60. The summed E-state index contributed by atoms with van der Waals surface area (Å²) in [6.45, 7) is 3.46. The minimum Gasteiger partial charge on any atom is -0.459 e. The molecule has 2 fully saturated rings. The molecule has 4 rings (SSSR count). The molecule has 2 heterocycles. The maximum absolute atomic E-state index is 12.5. The number of rotatable bonds is 5. The first-order valence-electron chi connectivity index (χ1n) is 10.5. The number of hydrogen-bond donors (Lipinski definition) is 2. The van der Waals surface area contributed by atoms with E-state index in [0.29, 0.717) is 11.3 Å². The Morgan fingerprint density at radius 2 is 1.86 bits per heavy atom. The maximum atomic E-state index is 12.5. The molecular formula is C22H24ClN3O8S2. The molecule has 2 saturated heterocycles. The number of thioether (sulfide) groups is 1. The predicted octanol–water partition coefficient (Wildman–Crippen LogP) is 2.49. The van der Waals surface area contributed by atoms with E-state index in [-0.39, 0.29) is 28.5 Å². The zero-order valence-electron chi connectivity index (χ0n) is 19.2. The zero-order valence-corrected chi connectivity index (χ0v) is 21.6. The second kappa shape index (κ2) is 10.7. The Kier molecular flexibility index (Phi) is 8.30. The van der Waals surface area contributed by atoms with Gasteiger partial charge in [-0.25, -0.2) is 4.79 Å². The minimum absolute atomic E-state index is 0.0456. The van der Waals surface area contributed by atoms with E-state index in [1.165, 1.54) is 53.1 Å². The van der Waals surface area contributed by atoms with Gasteiger partial charge in [-0.15, -0.1) is 23.4 Å². The van der Waals surface area contributed by atoms with Crippen molar-refractivity contribution in [3.05, 3.63) is 69.8 Å². The molecule has 2 aromatic carbocycles. The largest absolute Gasteiger partial charge is 0.459 e. The van der Waals surface area contributed by atoms with Crippen LogP contribution in [0.3, 0.4) is 0 Å². The lowest BCUT2D eigenvalue weighted by molar-refractivity contribution is -0.384. The van der Waals surface area contributed by atoms with Gasteiger partial charge in [0, 0.05) is 17.9 Å². The molecule has 0 radical (unpaired) electrons. The average Bonchev–Trinajstić information content (AvgIpc) is 2.81. The zero-order chi connectivity index (χ0) is 26.8. The number of hydrogen-bond acceptors (Lipinski definition) is 9. The quantitative estimate of drug-likeness (QED) is 0.139. The third-order valence-electron chi connectivity index (χ3n) is 5.58. The SMILES string of the molecule is C[C@@]1(Cl)CS[C@H]2[C@H](N)C(=O)N2[C@H]1C(=O)OCc1ccc([N+](=O)[O-])cc1.Cc1ccc(S(=O)(=O)O)cc1. The van der Waals surface area contributed by atoms with Crippen LogP contribution in [0.15, 0.2) is 53.4 Å². The maximum Gasteiger partial charge on any atom is 0.331 e. The molecule has 36 heavy (non-hydrogen) atoms. The molecule has 1 amide bonds. The molecule has 0 saturated carbocycles. The monoisotopic (exact) mass is 557 g/mol. The van der Waals surface area contributed by atoms with Gasteiger partial charge in [0.25, 0.3) is 15.8 Å². The van der Waals surface area contributed by atoms with Gasteiger partial charge in [-0.1, -0.05) is 17.7 Å². The number of nitro benzene ring substituents is 1. The minimum atomic E-state index is -4.02. The lowest BCUT2D eigenvalue weighted by Crippen LogP contribution is -2.77. The summed E-state index contributed by atoms with van der Waals surface area (Å²) < 4.78 is 34.9. The van der Waals surface area contributed by atoms with Gasteiger partial charge >= 0.3 is 5.97 Å². The summed E-state index contributed by atoms with van der Waals surface area (Å²) in [4.78, 5) is 35.1. The number of aryl methyl sites for hydroxylation is 1. The van der Waals surface area contributed by atoms with Crippen molar-refractivity contribution in [2.45, 2.75) is 47.7 Å². The number of nitrogens with zero attached hydrogens (tertiary/aromatic N) is 2. The third-order valence-corrected chi connectivity index (χ3v) is 8.57. The Hall–Kier alpha value is -2.71. The van der Waals surface area contributed by atoms with E-state index in [4.69, 9.17) is 26.6 Å². The molecule has 2 aliphatic rings. The molecule has 14 heteroatoms. The molecule has 0 unspecified atom stereocenters. The Morgan fingerprint density at radius 1 is 1.28 bits per heavy atom. The van der Waals surface area contributed by atoms with E-state index in [9.17, 15) is 28.1 Å². The lowest BCUT2D eigenvalue weighted by atomic mass is 9.94. The van der Waals surface area contributed by atoms with Crippen molar-refractivity contribution in [2.24, 2.45) is 5.73 Å². The number of amides is 1. The Bertz CT molecular complexity index is 1250. The Labute approximate surface area is 216 Å². The molecule has 4 atom stereocenters. The van der Waals surface area contributed by atoms with E-state index in [0.717, 1.165) is 5.56 Å². The normalized spacial score (nSPS) is 25.1. The molecule has 3 N–H and O–H groups in total. The number of esters is 1. The van der Waals surface area contributed by atoms with E-state index < -0.39 is 38.0 Å². The van der Waals surface area contributed by atoms with Gasteiger partial charge in [0.1, 0.15) is 18.0 Å². The van der Waals surface area contributed by atoms with Crippen molar-refractivity contribution < 1.29 is 32.2 Å². The van der Waals surface area contributed by atoms with Gasteiger partial charge in [0.05, 0.1) is 14.7 Å². The first-order chi connectivity index (χ1) is 16.7. The van der Waals surface area contributed by atoms with Gasteiger partial charge in [0.2, 0.25) is 5.91 Å². The molecule has 194 valence electrons. The van der Waals surface area contributed by atoms with Crippen molar-refractivity contribution in [3.8, 4) is 0 Å². The summed E-state index contributed by atoms with van der Waals surface area (Å²) in [5.41, 5.74) is 7.28. The fraction of sp³-hybridized carbons (Fsp3) is 0.364. The molecular weight excluding hydrogens is 534 g/mol. The number of β-lactam (4-membered cyclic amide) rings is 1. The van der Waals surface area contributed by atoms with Crippen molar-refractivity contribution in [2.75, 3.05) is 5.75 Å². The van der Waals surface area contributed by atoms with Crippen LogP contribution in [0.1, 0.15) is 18.1 Å². The number of carbonyl (C=O) groups excluding carboxylic acids is 2. The van der Waals surface area contributed by atoms with Crippen LogP contribution in [0, 0.1) is 17.0 Å². The number of nitro groups is 1. The Morgan fingerprint density at radius 3 is 2.39 bits per heavy atom. The highest BCUT2D eigenvalue weighted by atomic mass is 35.5. The topological polar surface area (TPSA) is 170 Å². The van der Waals surface area contributed by atoms with Crippen LogP contribution < -0.4 is 5.73 Å². The van der Waals surface area contributed by atoms with Crippen LogP contribution in [-0.4, -0.2) is 62.8 Å². The second-order valence-corrected chi connectivity index (χ2v) is 11.9. The van der Waals surface area contributed by atoms with Crippen LogP contribution in [0.25, 0.3) is 0 Å². The summed E-state index contributed by atoms with van der Waals surface area (Å²) >= 11 is 7.89. The van der Waals surface area contributed by atoms with E-state index in [2.05, 4.69) is 0 Å². The number of carbonyl (C=O) groups is 2. The number of fused-ring (bicyclic) bond motifs is 1. The molecule has 0 aromatic heterocycles. The van der Waals surface area contributed by atoms with Crippen molar-refractivity contribution >= 4 is 51.0 Å². The molecule has 11 nitrogen and oxygen atoms in total. The summed E-state index contributed by atoms with van der Waals surface area (Å²) in [7, 11) is -4.02. The highest BCUT2D eigenvalue weighted by Crippen LogP contribution is 2.44. The summed E-state index contributed by atoms with van der Waals surface area (Å²) in [6.07, 6.45) is 0. The summed E-state index contributed by atoms with van der Waals surface area (Å²) in [5, 5.41) is 10.4. The van der Waals surface area contributed by atoms with E-state index in [1.54, 1.807) is 19.1 Å². The van der Waals surface area contributed by atoms with E-state index in [1.807, 2.05) is 6.92 Å². The first-order valence-corrected chi connectivity index (χ1v) is 13.4. The fourth-order valence-corrected chi connectivity index (χ4v) is 5.83. The third kappa shape index (κ3) is 6.16. The van der Waals surface area contributed by atoms with Crippen LogP contribution >= 0.6 is 23.4 Å². The number of benzene rings is 2. The van der Waals surface area contributed by atoms with Crippen LogP contribution in [0.2, 0.25) is 0 Å². The first kappa shape index (κ1) is 27.9. The van der Waals surface area contributed by atoms with Crippen molar-refractivity contribution in [1.82, 2.24) is 4.90 Å². The number of nitrogens with two attached hydrogens (primary N) is 1. The van der Waals surface area contributed by atoms with Crippen LogP contribution in [-0.2, 0) is 31.1 Å². The summed E-state index contributed by atoms with van der Waals surface area (Å²) in [6, 6.07) is 10.1. The lowest BCUT2D eigenvalue weighted by Gasteiger charge is -2.55. The highest BCUT2D eigenvalue weighted by Gasteiger charge is 2.60. The van der Waals surface area contributed by atoms with Crippen LogP contribution in [0.4, 0.5) is 5.69 Å². The smallest absolute Gasteiger partial charge is 0.331 e. The van der Waals surface area contributed by atoms with Gasteiger partial charge in [-0.05, 0) is 43.7 Å². The Balaban J connectivity index is 0.000000275. The number of non-ortho nitro benzene ring substituents is 1. The molecule has 2 aliphatic heterocycles. The van der Waals surface area contributed by atoms with Gasteiger partial charge in [0.15, 0.2) is 6.04 Å². The molecule has 0 spiro atoms. The van der Waals surface area contributed by atoms with Crippen LogP contribution in [0.5, 0.6) is 0 Å². The van der Waals surface area contributed by atoms with Gasteiger partial charge < -0.3 is 15.4 Å². The standard InChI is InChI=1S/C15H16ClN3O5S.C7H8O3S/c1-15(16)7-25-13-10(17)12(20)18(13)11(15)14(21)24-6-8-2-4-9(5-3-8)19(22)23;1-6-2-4-7(5-3-6)11(8,9)10/h2-5,10-11,13H,6-7,17H2,1H3;2-5H,1H3,(H,8,9,10)/t10-,11+,13+,15-;/m1./s1. The number of ether oxygens (including phenoxy) is 1. The molecule has 2 aromatic rings. The molecule has 0 aliphatic carbocycles. The highest BCUT2D eigenvalue weighted by molar-refractivity contribution is 8.00. The number of alkyl halides is 1. The number of halogens is 1. The van der Waals surface area contributed by atoms with Crippen molar-refractivity contribution in [3.63, 3.8) is 0 Å². The van der Waals surface area contributed by atoms with Gasteiger partial charge in [-0.2, -0.15) is 8.42 Å².